The number of hydrogen-bond acceptors (Lipinski definition) is 2. The number of nitrogens with zero attached hydrogens (tertiary/aromatic N) is 1. The van der Waals surface area contributed by atoms with Crippen molar-refractivity contribution in [3.05, 3.63) is 54.1 Å². The van der Waals surface area contributed by atoms with Gasteiger partial charge in [-0.2, -0.15) is 0 Å². The summed E-state index contributed by atoms with van der Waals surface area (Å²) in [4.78, 5) is 2.22. The second kappa shape index (κ2) is 5.89. The van der Waals surface area contributed by atoms with Crippen molar-refractivity contribution in [1.29, 1.82) is 0 Å². The second-order valence-electron chi connectivity index (χ2n) is 4.96. The number of rotatable bonds is 4. The normalized spacial score (nSPS) is 12.5. The van der Waals surface area contributed by atoms with Crippen LogP contribution in [0.5, 0.6) is 5.75 Å². The predicted molar refractivity (Wildman–Crippen MR) is 80.5 cm³/mol. The molecule has 2 nitrogen and oxygen atoms in total. The molecule has 0 bridgehead atoms. The summed E-state index contributed by atoms with van der Waals surface area (Å²) in [6, 6.07) is 17.1. The molecule has 0 N–H and O–H groups in total. The van der Waals surface area contributed by atoms with E-state index in [1.165, 1.54) is 16.7 Å². The molecule has 0 spiro atoms. The zero-order valence-electron chi connectivity index (χ0n) is 12.1. The number of benzene rings is 2. The van der Waals surface area contributed by atoms with Crippen LogP contribution in [-0.2, 0) is 0 Å². The fourth-order valence-electron chi connectivity index (χ4n) is 2.19. The molecule has 0 aliphatic heterocycles. The van der Waals surface area contributed by atoms with Crippen LogP contribution in [0, 0.1) is 0 Å². The van der Waals surface area contributed by atoms with Gasteiger partial charge in [0.25, 0.3) is 0 Å². The first-order valence-corrected chi connectivity index (χ1v) is 6.53. The Labute approximate surface area is 115 Å². The van der Waals surface area contributed by atoms with E-state index in [2.05, 4.69) is 62.3 Å². The molecule has 0 saturated carbocycles. The summed E-state index contributed by atoms with van der Waals surface area (Å²) >= 11 is 0. The highest BCUT2D eigenvalue weighted by atomic mass is 16.5. The SMILES string of the molecule is COc1cccc(-c2ccccc2C(C)N(C)C)c1. The Morgan fingerprint density at radius 3 is 2.42 bits per heavy atom. The second-order valence-corrected chi connectivity index (χ2v) is 4.96. The zero-order valence-corrected chi connectivity index (χ0v) is 12.1. The third kappa shape index (κ3) is 2.96. The van der Waals surface area contributed by atoms with Gasteiger partial charge >= 0.3 is 0 Å². The Balaban J connectivity index is 2.49. The van der Waals surface area contributed by atoms with Crippen LogP contribution in [0.25, 0.3) is 11.1 Å². The predicted octanol–water partition coefficient (Wildman–Crippen LogP) is 3.98. The topological polar surface area (TPSA) is 12.5 Å². The molecular formula is C17H21NO. The summed E-state index contributed by atoms with van der Waals surface area (Å²) in [5.41, 5.74) is 3.80. The van der Waals surface area contributed by atoms with Crippen LogP contribution < -0.4 is 4.74 Å². The summed E-state index contributed by atoms with van der Waals surface area (Å²) < 4.78 is 5.31. The Bertz CT molecular complexity index is 548. The molecular weight excluding hydrogens is 234 g/mol. The lowest BCUT2D eigenvalue weighted by molar-refractivity contribution is 0.322. The Morgan fingerprint density at radius 1 is 1.00 bits per heavy atom. The van der Waals surface area contributed by atoms with Gasteiger partial charge in [0.15, 0.2) is 0 Å². The maximum Gasteiger partial charge on any atom is 0.119 e. The van der Waals surface area contributed by atoms with Crippen LogP contribution in [0.4, 0.5) is 0 Å². The number of methoxy groups -OCH3 is 1. The lowest BCUT2D eigenvalue weighted by atomic mass is 9.95. The van der Waals surface area contributed by atoms with Crippen LogP contribution in [0.2, 0.25) is 0 Å². The van der Waals surface area contributed by atoms with Crippen molar-refractivity contribution >= 4 is 0 Å². The third-order valence-corrected chi connectivity index (χ3v) is 3.57. The van der Waals surface area contributed by atoms with Crippen LogP contribution in [0.3, 0.4) is 0 Å². The molecule has 100 valence electrons. The molecule has 2 rings (SSSR count). The van der Waals surface area contributed by atoms with Crippen LogP contribution in [0.1, 0.15) is 18.5 Å². The van der Waals surface area contributed by atoms with Gasteiger partial charge in [0.05, 0.1) is 7.11 Å². The smallest absolute Gasteiger partial charge is 0.119 e. The lowest BCUT2D eigenvalue weighted by Gasteiger charge is -2.23. The maximum atomic E-state index is 5.31. The molecule has 0 aliphatic rings. The van der Waals surface area contributed by atoms with E-state index in [9.17, 15) is 0 Å². The molecule has 0 aromatic heterocycles. The molecule has 0 saturated heterocycles. The molecule has 1 unspecified atom stereocenters. The fourth-order valence-corrected chi connectivity index (χ4v) is 2.19. The first-order valence-electron chi connectivity index (χ1n) is 6.53. The minimum absolute atomic E-state index is 0.377. The summed E-state index contributed by atoms with van der Waals surface area (Å²) in [6.07, 6.45) is 0. The standard InChI is InChI=1S/C17H21NO/c1-13(18(2)3)16-10-5-6-11-17(16)14-8-7-9-15(12-14)19-4/h5-13H,1-4H3. The van der Waals surface area contributed by atoms with Gasteiger partial charge in [-0.25, -0.2) is 0 Å². The number of hydrogen-bond donors (Lipinski definition) is 0. The largest absolute Gasteiger partial charge is 0.497 e. The maximum absolute atomic E-state index is 5.31. The molecule has 0 heterocycles. The quantitative estimate of drug-likeness (QED) is 0.819. The molecule has 0 fully saturated rings. The van der Waals surface area contributed by atoms with Crippen molar-refractivity contribution in [3.8, 4) is 16.9 Å². The van der Waals surface area contributed by atoms with Crippen molar-refractivity contribution in [1.82, 2.24) is 4.90 Å². The molecule has 2 aromatic carbocycles. The zero-order chi connectivity index (χ0) is 13.8. The molecule has 19 heavy (non-hydrogen) atoms. The summed E-state index contributed by atoms with van der Waals surface area (Å²) in [5.74, 6) is 0.893. The number of ether oxygens (including phenoxy) is 1. The van der Waals surface area contributed by atoms with E-state index >= 15 is 0 Å². The van der Waals surface area contributed by atoms with Gasteiger partial charge in [0.1, 0.15) is 5.75 Å². The Kier molecular flexibility index (Phi) is 4.23. The minimum atomic E-state index is 0.377. The Morgan fingerprint density at radius 2 is 1.74 bits per heavy atom. The van der Waals surface area contributed by atoms with Gasteiger partial charge in [-0.1, -0.05) is 36.4 Å². The van der Waals surface area contributed by atoms with E-state index in [1.807, 2.05) is 12.1 Å². The molecule has 0 aliphatic carbocycles. The van der Waals surface area contributed by atoms with Gasteiger partial charge in [-0.3, -0.25) is 0 Å². The molecule has 2 aromatic rings. The van der Waals surface area contributed by atoms with Crippen molar-refractivity contribution in [2.45, 2.75) is 13.0 Å². The van der Waals surface area contributed by atoms with Crippen LogP contribution in [-0.4, -0.2) is 26.1 Å². The van der Waals surface area contributed by atoms with Gasteiger partial charge in [0.2, 0.25) is 0 Å². The van der Waals surface area contributed by atoms with Crippen molar-refractivity contribution < 1.29 is 4.74 Å². The molecule has 0 radical (unpaired) electrons. The first kappa shape index (κ1) is 13.6. The monoisotopic (exact) mass is 255 g/mol. The van der Waals surface area contributed by atoms with Gasteiger partial charge in [0, 0.05) is 6.04 Å². The highest BCUT2D eigenvalue weighted by Gasteiger charge is 2.13. The lowest BCUT2D eigenvalue weighted by Crippen LogP contribution is -2.17. The average Bonchev–Trinajstić information content (AvgIpc) is 2.46. The molecule has 1 atom stereocenters. The highest BCUT2D eigenvalue weighted by molar-refractivity contribution is 5.69. The Hall–Kier alpha value is -1.80. The van der Waals surface area contributed by atoms with Gasteiger partial charge in [-0.15, -0.1) is 0 Å². The van der Waals surface area contributed by atoms with E-state index in [0.29, 0.717) is 6.04 Å². The van der Waals surface area contributed by atoms with Crippen molar-refractivity contribution in [2.24, 2.45) is 0 Å². The van der Waals surface area contributed by atoms with Crippen LogP contribution in [0.15, 0.2) is 48.5 Å². The average molecular weight is 255 g/mol. The fraction of sp³-hybridized carbons (Fsp3) is 0.294. The summed E-state index contributed by atoms with van der Waals surface area (Å²) in [7, 11) is 5.91. The summed E-state index contributed by atoms with van der Waals surface area (Å²) in [6.45, 7) is 2.22. The highest BCUT2D eigenvalue weighted by Crippen LogP contribution is 2.31. The molecule has 0 amide bonds. The van der Waals surface area contributed by atoms with E-state index in [0.717, 1.165) is 5.75 Å². The van der Waals surface area contributed by atoms with Crippen molar-refractivity contribution in [2.75, 3.05) is 21.2 Å². The van der Waals surface area contributed by atoms with E-state index in [1.54, 1.807) is 7.11 Å². The van der Waals surface area contributed by atoms with Crippen LogP contribution >= 0.6 is 0 Å². The minimum Gasteiger partial charge on any atom is -0.497 e. The van der Waals surface area contributed by atoms with E-state index in [-0.39, 0.29) is 0 Å². The van der Waals surface area contributed by atoms with Crippen molar-refractivity contribution in [3.63, 3.8) is 0 Å². The van der Waals surface area contributed by atoms with E-state index in [4.69, 9.17) is 4.74 Å². The third-order valence-electron chi connectivity index (χ3n) is 3.57. The summed E-state index contributed by atoms with van der Waals surface area (Å²) in [5, 5.41) is 0. The van der Waals surface area contributed by atoms with Gasteiger partial charge < -0.3 is 9.64 Å². The molecule has 2 heteroatoms. The van der Waals surface area contributed by atoms with Gasteiger partial charge in [-0.05, 0) is 49.8 Å². The first-order chi connectivity index (χ1) is 9.13. The van der Waals surface area contributed by atoms with E-state index < -0.39 is 0 Å².